The summed E-state index contributed by atoms with van der Waals surface area (Å²) < 4.78 is 26.2. The van der Waals surface area contributed by atoms with E-state index in [1.54, 1.807) is 6.20 Å². The van der Waals surface area contributed by atoms with Crippen LogP contribution in [0.4, 0.5) is 5.82 Å². The molecule has 2 bridgehead atoms. The van der Waals surface area contributed by atoms with Crippen LogP contribution < -0.4 is 11.1 Å². The number of nitrogens with one attached hydrogen (secondary N) is 1. The van der Waals surface area contributed by atoms with Crippen LogP contribution in [0.3, 0.4) is 0 Å². The molecule has 5 aromatic rings. The Morgan fingerprint density at radius 2 is 1.86 bits per heavy atom. The van der Waals surface area contributed by atoms with Crippen molar-refractivity contribution in [2.75, 3.05) is 12.0 Å². The average Bonchev–Trinajstić information content (AvgIpc) is 3.65. The molecule has 0 saturated heterocycles. The zero-order valence-electron chi connectivity index (χ0n) is 22.8. The number of pyridine rings is 2. The van der Waals surface area contributed by atoms with Crippen LogP contribution in [0.5, 0.6) is 0 Å². The van der Waals surface area contributed by atoms with Gasteiger partial charge >= 0.3 is 0 Å². The van der Waals surface area contributed by atoms with Gasteiger partial charge in [0.15, 0.2) is 9.84 Å². The number of terminal acetylenes is 1. The van der Waals surface area contributed by atoms with Crippen molar-refractivity contribution in [3.63, 3.8) is 0 Å². The number of nitrogen functional groups attached to an aromatic ring is 1. The first-order valence-electron chi connectivity index (χ1n) is 13.6. The number of aromatic nitrogens is 5. The number of nitrogens with zero attached hydrogens (tertiary/aromatic N) is 5. The van der Waals surface area contributed by atoms with E-state index in [1.165, 1.54) is 24.7 Å². The topological polar surface area (TPSA) is 146 Å². The van der Waals surface area contributed by atoms with Crippen LogP contribution in [-0.4, -0.2) is 50.6 Å². The predicted octanol–water partition coefficient (Wildman–Crippen LogP) is 3.85. The van der Waals surface area contributed by atoms with E-state index >= 15 is 0 Å². The number of rotatable bonds is 5. The third-order valence-corrected chi connectivity index (χ3v) is 9.96. The largest absolute Gasteiger partial charge is 0.383 e. The lowest BCUT2D eigenvalue weighted by Gasteiger charge is -2.30. The highest BCUT2D eigenvalue weighted by molar-refractivity contribution is 7.90. The van der Waals surface area contributed by atoms with Gasteiger partial charge in [0.25, 0.3) is 5.91 Å². The molecule has 0 aliphatic heterocycles. The number of para-hydroxylation sites is 1. The summed E-state index contributed by atoms with van der Waals surface area (Å²) in [7, 11) is -3.48. The Balaban J connectivity index is 1.31. The molecule has 0 unspecified atom stereocenters. The first-order valence-corrected chi connectivity index (χ1v) is 15.5. The first-order chi connectivity index (χ1) is 20.1. The zero-order valence-corrected chi connectivity index (χ0v) is 23.6. The van der Waals surface area contributed by atoms with Gasteiger partial charge in [-0.05, 0) is 56.4 Å². The number of sulfone groups is 1. The minimum Gasteiger partial charge on any atom is -0.383 e. The molecule has 7 rings (SSSR count). The molecule has 1 amide bonds. The number of hydrogen-bond donors (Lipinski definition) is 2. The van der Waals surface area contributed by atoms with E-state index in [0.717, 1.165) is 54.0 Å². The summed E-state index contributed by atoms with van der Waals surface area (Å²) in [5.41, 5.74) is 9.43. The van der Waals surface area contributed by atoms with Gasteiger partial charge < -0.3 is 15.6 Å². The highest BCUT2D eigenvalue weighted by Crippen LogP contribution is 2.57. The van der Waals surface area contributed by atoms with Crippen LogP contribution in [-0.2, 0) is 15.4 Å². The molecule has 4 heterocycles. The van der Waals surface area contributed by atoms with Gasteiger partial charge in [0.05, 0.1) is 15.8 Å². The van der Waals surface area contributed by atoms with Gasteiger partial charge in [-0.3, -0.25) is 14.8 Å². The molecule has 0 spiro atoms. The fourth-order valence-corrected chi connectivity index (χ4v) is 7.58. The Bertz CT molecular complexity index is 2090. The fraction of sp³-hybridized carbons (Fsp3) is 0.258. The average molecular weight is 578 g/mol. The van der Waals surface area contributed by atoms with Gasteiger partial charge in [-0.15, -0.1) is 6.42 Å². The Morgan fingerprint density at radius 3 is 2.62 bits per heavy atom. The molecule has 2 aliphatic rings. The second-order valence-corrected chi connectivity index (χ2v) is 13.4. The lowest BCUT2D eigenvalue weighted by atomic mass is 9.90. The second kappa shape index (κ2) is 9.09. The summed E-state index contributed by atoms with van der Waals surface area (Å²) in [5.74, 6) is 2.87. The molecular weight excluding hydrogens is 550 g/mol. The Labute approximate surface area is 242 Å². The Hall–Kier alpha value is -4.82. The normalized spacial score (nSPS) is 21.5. The Morgan fingerprint density at radius 1 is 1.07 bits per heavy atom. The van der Waals surface area contributed by atoms with Gasteiger partial charge in [-0.1, -0.05) is 24.1 Å². The molecule has 3 N–H and O–H groups in total. The number of anilines is 1. The molecule has 42 heavy (non-hydrogen) atoms. The van der Waals surface area contributed by atoms with Crippen molar-refractivity contribution in [1.29, 1.82) is 0 Å². The van der Waals surface area contributed by atoms with Crippen molar-refractivity contribution in [3.05, 3.63) is 72.6 Å². The summed E-state index contributed by atoms with van der Waals surface area (Å²) in [6.07, 6.45) is 15.6. The molecule has 4 aromatic heterocycles. The number of nitrogens with two attached hydrogens (primary N) is 1. The monoisotopic (exact) mass is 577 g/mol. The van der Waals surface area contributed by atoms with Crippen LogP contribution >= 0.6 is 0 Å². The quantitative estimate of drug-likeness (QED) is 0.300. The highest BCUT2D eigenvalue weighted by atomic mass is 32.2. The number of carbonyl (C=O) groups is 1. The SMILES string of the molecule is C#Cc1c(-c2cnc3ccccc3c2)c2c(N)ncnc2n1C12CCC(NC(=O)c3cc(S(C)(=O)=O)ccn3)(CC1)C2. The summed E-state index contributed by atoms with van der Waals surface area (Å²) in [6.45, 7) is 0. The van der Waals surface area contributed by atoms with E-state index in [4.69, 9.17) is 12.2 Å². The van der Waals surface area contributed by atoms with E-state index in [0.29, 0.717) is 29.0 Å². The summed E-state index contributed by atoms with van der Waals surface area (Å²) >= 11 is 0. The zero-order chi connectivity index (χ0) is 29.3. The molecule has 2 fully saturated rings. The van der Waals surface area contributed by atoms with E-state index in [-0.39, 0.29) is 10.6 Å². The van der Waals surface area contributed by atoms with Gasteiger partial charge in [0, 0.05) is 46.2 Å². The van der Waals surface area contributed by atoms with E-state index in [1.807, 2.05) is 24.3 Å². The lowest BCUT2D eigenvalue weighted by molar-refractivity contribution is 0.0895. The maximum Gasteiger partial charge on any atom is 0.270 e. The van der Waals surface area contributed by atoms with Crippen molar-refractivity contribution < 1.29 is 13.2 Å². The molecule has 11 heteroatoms. The molecule has 2 saturated carbocycles. The van der Waals surface area contributed by atoms with Crippen LogP contribution in [0.2, 0.25) is 0 Å². The molecule has 210 valence electrons. The van der Waals surface area contributed by atoms with Crippen LogP contribution in [0.25, 0.3) is 33.1 Å². The molecule has 10 nitrogen and oxygen atoms in total. The van der Waals surface area contributed by atoms with E-state index < -0.39 is 26.8 Å². The van der Waals surface area contributed by atoms with Gasteiger partial charge in [-0.2, -0.15) is 0 Å². The Kier molecular flexibility index (Phi) is 5.65. The molecule has 0 radical (unpaired) electrons. The van der Waals surface area contributed by atoms with E-state index in [2.05, 4.69) is 41.8 Å². The minimum atomic E-state index is -3.48. The third kappa shape index (κ3) is 3.94. The number of carbonyl (C=O) groups excluding carboxylic acids is 1. The minimum absolute atomic E-state index is 0.0535. The first kappa shape index (κ1) is 26.1. The molecule has 1 aromatic carbocycles. The van der Waals surface area contributed by atoms with E-state index in [9.17, 15) is 13.2 Å². The summed E-state index contributed by atoms with van der Waals surface area (Å²) in [4.78, 5) is 31.2. The predicted molar refractivity (Wildman–Crippen MR) is 159 cm³/mol. The van der Waals surface area contributed by atoms with Gasteiger partial charge in [0.1, 0.15) is 29.2 Å². The van der Waals surface area contributed by atoms with Crippen LogP contribution in [0.1, 0.15) is 48.3 Å². The molecular formula is C31H27N7O3S. The van der Waals surface area contributed by atoms with Gasteiger partial charge in [-0.25, -0.2) is 18.4 Å². The van der Waals surface area contributed by atoms with Crippen molar-refractivity contribution in [2.24, 2.45) is 0 Å². The van der Waals surface area contributed by atoms with Crippen molar-refractivity contribution in [2.45, 2.75) is 48.1 Å². The standard InChI is InChI=1S/C31H27N7O3S/c1-3-24-25(20-14-19-6-4-5-7-22(19)34-16-20)26-27(32)35-18-36-28(26)38(24)31-11-9-30(17-31,10-12-31)37-29(39)23-15-21(8-13-33-23)42(2,40)41/h1,4-8,13-16,18H,9-12,17H2,2H3,(H,37,39)(H2,32,35,36). The maximum absolute atomic E-state index is 13.3. The van der Waals surface area contributed by atoms with Crippen LogP contribution in [0, 0.1) is 12.3 Å². The van der Waals surface area contributed by atoms with Gasteiger partial charge in [0.2, 0.25) is 0 Å². The fourth-order valence-electron chi connectivity index (χ4n) is 6.94. The number of fused-ring (bicyclic) bond motifs is 4. The second-order valence-electron chi connectivity index (χ2n) is 11.4. The van der Waals surface area contributed by atoms with Crippen LogP contribution in [0.15, 0.2) is 66.1 Å². The van der Waals surface area contributed by atoms with Crippen molar-refractivity contribution in [1.82, 2.24) is 29.8 Å². The smallest absolute Gasteiger partial charge is 0.270 e. The number of hydrogen-bond acceptors (Lipinski definition) is 8. The third-order valence-electron chi connectivity index (χ3n) is 8.85. The summed E-state index contributed by atoms with van der Waals surface area (Å²) in [6, 6.07) is 12.6. The molecule has 0 atom stereocenters. The lowest BCUT2D eigenvalue weighted by Crippen LogP contribution is -2.45. The molecule has 2 aliphatic carbocycles. The summed E-state index contributed by atoms with van der Waals surface area (Å²) in [5, 5.41) is 4.86. The number of benzene rings is 1. The highest BCUT2D eigenvalue weighted by Gasteiger charge is 2.57. The van der Waals surface area contributed by atoms with Crippen molar-refractivity contribution >= 4 is 43.5 Å². The van der Waals surface area contributed by atoms with Crippen molar-refractivity contribution in [3.8, 4) is 23.5 Å². The number of amides is 1. The maximum atomic E-state index is 13.3.